The molecule has 1 radical (unpaired) electrons. The second kappa shape index (κ2) is 10.4. The van der Waals surface area contributed by atoms with Crippen LogP contribution in [0.5, 0.6) is 0 Å². The zero-order chi connectivity index (χ0) is 20.9. The molecule has 157 valence electrons. The Morgan fingerprint density at radius 1 is 0.656 bits per heavy atom. The van der Waals surface area contributed by atoms with Crippen molar-refractivity contribution in [1.29, 1.82) is 0 Å². The van der Waals surface area contributed by atoms with Gasteiger partial charge in [-0.15, -0.1) is 53.3 Å². The van der Waals surface area contributed by atoms with Crippen LogP contribution in [-0.2, 0) is 20.1 Å². The zero-order valence-electron chi connectivity index (χ0n) is 16.9. The Bertz CT molecular complexity index is 1380. The molecule has 0 aliphatic heterocycles. The van der Waals surface area contributed by atoms with Gasteiger partial charge in [0.1, 0.15) is 0 Å². The molecule has 0 fully saturated rings. The first-order valence-corrected chi connectivity index (χ1v) is 10.7. The molecule has 0 atom stereocenters. The van der Waals surface area contributed by atoms with Crippen LogP contribution < -0.4 is 0 Å². The van der Waals surface area contributed by atoms with Crippen LogP contribution in [0.3, 0.4) is 0 Å². The van der Waals surface area contributed by atoms with Crippen molar-refractivity contribution in [3.8, 4) is 22.5 Å². The number of pyridine rings is 3. The number of hydrogen-bond donors (Lipinski definition) is 0. The SMILES string of the molecule is [Ir].[c-]1ccccc1-c1ccccn1.[c-]1cnccc1-c1cc2c(cn1)sc1ccccc12. The van der Waals surface area contributed by atoms with Gasteiger partial charge in [-0.1, -0.05) is 36.4 Å². The standard InChI is InChI=1S/C16H9N2S.C11H8N.Ir/c1-2-4-15-12(3-1)13-9-14(18-10-16(13)19-15)11-5-7-17-8-6-11;1-2-6-10(7-3-1)11-8-4-5-9-12-11;/h1-5,7-10H;1-6,8-9H;/q2*-1;. The molecule has 2 aromatic carbocycles. The van der Waals surface area contributed by atoms with Crippen LogP contribution in [0.4, 0.5) is 0 Å². The second-order valence-electron chi connectivity index (χ2n) is 6.81. The number of nitrogens with zero attached hydrogens (tertiary/aromatic N) is 3. The van der Waals surface area contributed by atoms with Gasteiger partial charge >= 0.3 is 0 Å². The van der Waals surface area contributed by atoms with E-state index < -0.39 is 0 Å². The summed E-state index contributed by atoms with van der Waals surface area (Å²) in [6, 6.07) is 32.5. The topological polar surface area (TPSA) is 38.7 Å². The third kappa shape index (κ3) is 4.81. The summed E-state index contributed by atoms with van der Waals surface area (Å²) in [6.45, 7) is 0. The molecular weight excluding hydrogens is 591 g/mol. The number of aromatic nitrogens is 3. The van der Waals surface area contributed by atoms with Gasteiger partial charge in [-0.3, -0.25) is 4.98 Å². The van der Waals surface area contributed by atoms with Crippen LogP contribution in [0.25, 0.3) is 42.7 Å². The Morgan fingerprint density at radius 3 is 2.28 bits per heavy atom. The molecular formula is C27H17IrN3S-2. The summed E-state index contributed by atoms with van der Waals surface area (Å²) in [5.41, 5.74) is 3.93. The number of hydrogen-bond acceptors (Lipinski definition) is 4. The predicted molar refractivity (Wildman–Crippen MR) is 128 cm³/mol. The predicted octanol–water partition coefficient (Wildman–Crippen LogP) is 6.86. The van der Waals surface area contributed by atoms with Gasteiger partial charge in [0.2, 0.25) is 0 Å². The van der Waals surface area contributed by atoms with Crippen molar-refractivity contribution in [1.82, 2.24) is 15.0 Å². The summed E-state index contributed by atoms with van der Waals surface area (Å²) in [4.78, 5) is 12.7. The molecule has 0 amide bonds. The van der Waals surface area contributed by atoms with Gasteiger partial charge in [0.25, 0.3) is 0 Å². The van der Waals surface area contributed by atoms with Crippen molar-refractivity contribution in [2.45, 2.75) is 0 Å². The second-order valence-corrected chi connectivity index (χ2v) is 7.89. The fraction of sp³-hybridized carbons (Fsp3) is 0. The quantitative estimate of drug-likeness (QED) is 0.202. The van der Waals surface area contributed by atoms with Gasteiger partial charge in [0.15, 0.2) is 0 Å². The van der Waals surface area contributed by atoms with Gasteiger partial charge in [-0.25, -0.2) is 0 Å². The van der Waals surface area contributed by atoms with Crippen LogP contribution in [-0.4, -0.2) is 15.0 Å². The maximum Gasteiger partial charge on any atom is 0.0515 e. The molecule has 0 spiro atoms. The van der Waals surface area contributed by atoms with Gasteiger partial charge in [0, 0.05) is 37.2 Å². The Balaban J connectivity index is 0.000000164. The molecule has 6 aromatic rings. The van der Waals surface area contributed by atoms with Gasteiger partial charge in [0.05, 0.1) is 4.70 Å². The third-order valence-electron chi connectivity index (χ3n) is 4.81. The summed E-state index contributed by atoms with van der Waals surface area (Å²) in [5, 5.41) is 2.55. The van der Waals surface area contributed by atoms with Crippen LogP contribution in [0.15, 0.2) is 104 Å². The molecule has 0 aliphatic carbocycles. The maximum atomic E-state index is 4.52. The smallest absolute Gasteiger partial charge is 0.0515 e. The van der Waals surface area contributed by atoms with Crippen LogP contribution >= 0.6 is 11.3 Å². The normalized spacial score (nSPS) is 10.2. The molecule has 0 N–H and O–H groups in total. The minimum atomic E-state index is 0. The first-order chi connectivity index (χ1) is 15.4. The van der Waals surface area contributed by atoms with E-state index in [9.17, 15) is 0 Å². The van der Waals surface area contributed by atoms with Crippen molar-refractivity contribution >= 4 is 31.5 Å². The summed E-state index contributed by atoms with van der Waals surface area (Å²) in [7, 11) is 0. The maximum absolute atomic E-state index is 4.52. The van der Waals surface area contributed by atoms with E-state index in [1.54, 1.807) is 29.9 Å². The Labute approximate surface area is 204 Å². The van der Waals surface area contributed by atoms with Crippen molar-refractivity contribution < 1.29 is 20.1 Å². The Hall–Kier alpha value is -3.24. The summed E-state index contributed by atoms with van der Waals surface area (Å²) in [6.07, 6.45) is 7.18. The van der Waals surface area contributed by atoms with E-state index in [2.05, 4.69) is 57.4 Å². The summed E-state index contributed by atoms with van der Waals surface area (Å²) >= 11 is 1.78. The minimum absolute atomic E-state index is 0. The first-order valence-electron chi connectivity index (χ1n) is 9.86. The molecule has 4 aromatic heterocycles. The Kier molecular flexibility index (Phi) is 7.13. The van der Waals surface area contributed by atoms with Gasteiger partial charge in [-0.2, -0.15) is 11.6 Å². The van der Waals surface area contributed by atoms with Crippen LogP contribution in [0.1, 0.15) is 0 Å². The molecule has 0 saturated heterocycles. The average Bonchev–Trinajstić information content (AvgIpc) is 3.24. The van der Waals surface area contributed by atoms with E-state index in [0.29, 0.717) is 0 Å². The van der Waals surface area contributed by atoms with Crippen molar-refractivity contribution in [2.24, 2.45) is 0 Å². The molecule has 4 heterocycles. The third-order valence-corrected chi connectivity index (χ3v) is 5.93. The fourth-order valence-electron chi connectivity index (χ4n) is 3.33. The monoisotopic (exact) mass is 608 g/mol. The summed E-state index contributed by atoms with van der Waals surface area (Å²) in [5.74, 6) is 0. The minimum Gasteiger partial charge on any atom is -0.319 e. The number of benzene rings is 2. The van der Waals surface area contributed by atoms with E-state index in [-0.39, 0.29) is 20.1 Å². The number of rotatable bonds is 2. The Morgan fingerprint density at radius 2 is 1.50 bits per heavy atom. The average molecular weight is 608 g/mol. The van der Waals surface area contributed by atoms with Crippen LogP contribution in [0, 0.1) is 12.1 Å². The first kappa shape index (κ1) is 22.0. The van der Waals surface area contributed by atoms with E-state index in [0.717, 1.165) is 22.5 Å². The molecule has 5 heteroatoms. The van der Waals surface area contributed by atoms with E-state index >= 15 is 0 Å². The fourth-order valence-corrected chi connectivity index (χ4v) is 4.38. The van der Waals surface area contributed by atoms with E-state index in [1.807, 2.05) is 54.7 Å². The van der Waals surface area contributed by atoms with Gasteiger partial charge < -0.3 is 9.97 Å². The molecule has 0 unspecified atom stereocenters. The van der Waals surface area contributed by atoms with Crippen molar-refractivity contribution in [2.75, 3.05) is 0 Å². The molecule has 3 nitrogen and oxygen atoms in total. The zero-order valence-corrected chi connectivity index (χ0v) is 20.1. The largest absolute Gasteiger partial charge is 0.319 e. The molecule has 6 rings (SSSR count). The molecule has 0 saturated carbocycles. The summed E-state index contributed by atoms with van der Waals surface area (Å²) < 4.78 is 2.52. The number of fused-ring (bicyclic) bond motifs is 3. The number of thiophene rings is 1. The van der Waals surface area contributed by atoms with E-state index in [4.69, 9.17) is 0 Å². The van der Waals surface area contributed by atoms with Crippen molar-refractivity contribution in [3.63, 3.8) is 0 Å². The van der Waals surface area contributed by atoms with Crippen LogP contribution in [0.2, 0.25) is 0 Å². The van der Waals surface area contributed by atoms with E-state index in [1.165, 1.54) is 20.2 Å². The van der Waals surface area contributed by atoms with Crippen molar-refractivity contribution in [3.05, 3.63) is 116 Å². The van der Waals surface area contributed by atoms with Gasteiger partial charge in [-0.05, 0) is 46.7 Å². The molecule has 0 bridgehead atoms. The molecule has 32 heavy (non-hydrogen) atoms. The molecule has 0 aliphatic rings.